The number of carboxylic acid groups (broad SMARTS) is 1. The van der Waals surface area contributed by atoms with Crippen molar-refractivity contribution in [2.45, 2.75) is 17.4 Å². The topological polar surface area (TPSA) is 147 Å². The van der Waals surface area contributed by atoms with Crippen LogP contribution in [0, 0.1) is 11.6 Å². The van der Waals surface area contributed by atoms with Gasteiger partial charge in [-0.2, -0.15) is 0 Å². The molecule has 3 aromatic carbocycles. The first-order valence-electron chi connectivity index (χ1n) is 11.0. The number of ether oxygens (including phenoxy) is 1. The Labute approximate surface area is 235 Å². The van der Waals surface area contributed by atoms with E-state index in [1.54, 1.807) is 12.1 Å². The average Bonchev–Trinajstić information content (AvgIpc) is 2.86. The summed E-state index contributed by atoms with van der Waals surface area (Å²) in [6.45, 7) is 0. The quantitative estimate of drug-likeness (QED) is 0.258. The molecule has 204 valence electrons. The highest BCUT2D eigenvalue weighted by Crippen LogP contribution is 2.39. The number of aliphatic carboxylic acids is 1. The van der Waals surface area contributed by atoms with Crippen LogP contribution in [0.4, 0.5) is 0 Å². The molecule has 0 saturated heterocycles. The number of carbonyl (C=O) groups is 2. The van der Waals surface area contributed by atoms with Gasteiger partial charge in [0.1, 0.15) is 11.8 Å². The number of benzene rings is 3. The molecule has 0 heterocycles. The first-order valence-corrected chi connectivity index (χ1v) is 15.3. The Morgan fingerprint density at radius 1 is 1.08 bits per heavy atom. The van der Waals surface area contributed by atoms with Crippen LogP contribution in [0.2, 0.25) is 10.0 Å². The molecular formula is C26H22Cl2NO8PS. The van der Waals surface area contributed by atoms with Gasteiger partial charge in [-0.05, 0) is 53.7 Å². The smallest absolute Gasteiger partial charge is 0.326 e. The van der Waals surface area contributed by atoms with Crippen molar-refractivity contribution < 1.29 is 37.3 Å². The van der Waals surface area contributed by atoms with E-state index in [4.69, 9.17) is 27.9 Å². The molecule has 2 atom stereocenters. The van der Waals surface area contributed by atoms with Crippen molar-refractivity contribution in [2.75, 3.05) is 13.4 Å². The fraction of sp³-hybridized carbons (Fsp3) is 0.154. The van der Waals surface area contributed by atoms with Crippen LogP contribution in [0.5, 0.6) is 5.75 Å². The maximum absolute atomic E-state index is 12.9. The first-order chi connectivity index (χ1) is 18.2. The van der Waals surface area contributed by atoms with E-state index in [-0.39, 0.29) is 37.8 Å². The minimum Gasteiger partial charge on any atom is -0.497 e. The summed E-state index contributed by atoms with van der Waals surface area (Å²) in [5, 5.41) is 11.7. The average molecular weight is 610 g/mol. The zero-order valence-electron chi connectivity index (χ0n) is 20.5. The minimum absolute atomic E-state index is 0.0112. The van der Waals surface area contributed by atoms with Crippen molar-refractivity contribution >= 4 is 57.6 Å². The Morgan fingerprint density at radius 3 is 2.31 bits per heavy atom. The summed E-state index contributed by atoms with van der Waals surface area (Å²) in [5.74, 6) is 0.662. The second kappa shape index (κ2) is 12.2. The molecule has 0 saturated carbocycles. The fourth-order valence-electron chi connectivity index (χ4n) is 3.44. The number of rotatable bonds is 8. The largest absolute Gasteiger partial charge is 0.497 e. The molecule has 0 radical (unpaired) electrons. The van der Waals surface area contributed by atoms with Crippen LogP contribution in [0.3, 0.4) is 0 Å². The summed E-state index contributed by atoms with van der Waals surface area (Å²) in [7, 11) is -6.19. The van der Waals surface area contributed by atoms with Crippen molar-refractivity contribution in [1.82, 2.24) is 5.32 Å². The lowest BCUT2D eigenvalue weighted by molar-refractivity contribution is -0.139. The van der Waals surface area contributed by atoms with Crippen molar-refractivity contribution in [3.63, 3.8) is 0 Å². The Kier molecular flexibility index (Phi) is 9.49. The van der Waals surface area contributed by atoms with Crippen LogP contribution in [-0.4, -0.2) is 49.7 Å². The van der Waals surface area contributed by atoms with E-state index in [0.29, 0.717) is 11.3 Å². The molecule has 0 aliphatic carbocycles. The third-order valence-corrected chi connectivity index (χ3v) is 8.49. The molecule has 13 heteroatoms. The molecule has 1 amide bonds. The fourth-order valence-corrected chi connectivity index (χ4v) is 5.79. The first kappa shape index (κ1) is 30.2. The van der Waals surface area contributed by atoms with Crippen molar-refractivity contribution in [3.8, 4) is 17.3 Å². The van der Waals surface area contributed by atoms with Gasteiger partial charge in [-0.25, -0.2) is 13.2 Å². The minimum atomic E-state index is -4.10. The number of carboxylic acids is 1. The van der Waals surface area contributed by atoms with Crippen molar-refractivity contribution in [3.05, 3.63) is 87.4 Å². The maximum Gasteiger partial charge on any atom is 0.326 e. The molecule has 3 N–H and O–H groups in total. The highest BCUT2D eigenvalue weighted by Gasteiger charge is 2.25. The third kappa shape index (κ3) is 7.85. The van der Waals surface area contributed by atoms with E-state index in [0.717, 1.165) is 6.26 Å². The van der Waals surface area contributed by atoms with Crippen LogP contribution >= 0.6 is 30.6 Å². The highest BCUT2D eigenvalue weighted by atomic mass is 35.5. The predicted octanol–water partition coefficient (Wildman–Crippen LogP) is 3.74. The molecule has 1 unspecified atom stereocenters. The van der Waals surface area contributed by atoms with E-state index in [1.807, 2.05) is 0 Å². The molecule has 3 aromatic rings. The monoisotopic (exact) mass is 609 g/mol. The van der Waals surface area contributed by atoms with Crippen molar-refractivity contribution in [1.29, 1.82) is 0 Å². The van der Waals surface area contributed by atoms with Gasteiger partial charge in [0.15, 0.2) is 9.84 Å². The molecule has 0 aliphatic rings. The molecule has 0 aromatic heterocycles. The Hall–Kier alpha value is -3.32. The Bertz CT molecular complexity index is 1640. The number of halogens is 2. The summed E-state index contributed by atoms with van der Waals surface area (Å²) in [5.41, 5.74) is 2.60. The summed E-state index contributed by atoms with van der Waals surface area (Å²) < 4.78 is 41.4. The molecule has 0 spiro atoms. The number of nitrogens with one attached hydrogen (secondary N) is 1. The van der Waals surface area contributed by atoms with Gasteiger partial charge in [-0.1, -0.05) is 47.3 Å². The lowest BCUT2D eigenvalue weighted by Gasteiger charge is -2.16. The Balaban J connectivity index is 1.83. The summed E-state index contributed by atoms with van der Waals surface area (Å²) in [4.78, 5) is 35.2. The number of methoxy groups -OCH3 is 1. The number of sulfone groups is 1. The van der Waals surface area contributed by atoms with Crippen LogP contribution < -0.4 is 15.4 Å². The zero-order chi connectivity index (χ0) is 29.0. The van der Waals surface area contributed by atoms with Crippen LogP contribution in [0.1, 0.15) is 21.5 Å². The second-order valence-corrected chi connectivity index (χ2v) is 13.0. The van der Waals surface area contributed by atoms with Gasteiger partial charge in [0, 0.05) is 18.2 Å². The summed E-state index contributed by atoms with van der Waals surface area (Å²) in [6, 6.07) is 12.8. The third-order valence-electron chi connectivity index (χ3n) is 5.39. The molecule has 0 fully saturated rings. The zero-order valence-corrected chi connectivity index (χ0v) is 23.7. The maximum atomic E-state index is 12.9. The number of carbonyl (C=O) groups excluding carboxylic acids is 1. The van der Waals surface area contributed by atoms with E-state index >= 15 is 0 Å². The summed E-state index contributed by atoms with van der Waals surface area (Å²) >= 11 is 12.5. The van der Waals surface area contributed by atoms with E-state index in [1.165, 1.54) is 55.6 Å². The van der Waals surface area contributed by atoms with E-state index in [9.17, 15) is 32.6 Å². The van der Waals surface area contributed by atoms with E-state index < -0.39 is 35.1 Å². The lowest BCUT2D eigenvalue weighted by Crippen LogP contribution is -2.42. The second-order valence-electron chi connectivity index (χ2n) is 8.32. The van der Waals surface area contributed by atoms with Crippen LogP contribution in [0.25, 0.3) is 0 Å². The lowest BCUT2D eigenvalue weighted by atomic mass is 10.0. The molecule has 9 nitrogen and oxygen atoms in total. The van der Waals surface area contributed by atoms with Gasteiger partial charge < -0.3 is 20.1 Å². The number of hydrogen-bond acceptors (Lipinski definition) is 6. The van der Waals surface area contributed by atoms with Gasteiger partial charge in [-0.3, -0.25) is 9.36 Å². The van der Waals surface area contributed by atoms with Gasteiger partial charge in [0.2, 0.25) is 0 Å². The molecule has 3 rings (SSSR count). The molecule has 0 bridgehead atoms. The number of hydrogen-bond donors (Lipinski definition) is 3. The SMILES string of the molecule is COc1cccc(P(=O)(O)C#Cc2cc(Cl)c(C(=O)N[C@@H](Cc3cccc(S(C)(=O)=O)c3)C(=O)O)c(Cl)c2)c1. The summed E-state index contributed by atoms with van der Waals surface area (Å²) in [6.07, 6.45) is 0.818. The standard InChI is InChI=1S/C26H22Cl2NO8PS/c1-37-18-6-4-7-19(15-18)38(33,34)10-9-17-12-21(27)24(22(28)13-17)25(30)29-23(26(31)32)14-16-5-3-8-20(11-16)39(2,35)36/h3-8,11-13,15,23H,14H2,1-2H3,(H,29,30)(H,31,32)(H,33,34)/t23-/m0/s1. The van der Waals surface area contributed by atoms with Crippen molar-refractivity contribution in [2.24, 2.45) is 0 Å². The number of amides is 1. The van der Waals surface area contributed by atoms with Gasteiger partial charge >= 0.3 is 13.3 Å². The highest BCUT2D eigenvalue weighted by molar-refractivity contribution is 7.90. The van der Waals surface area contributed by atoms with Gasteiger partial charge in [-0.15, -0.1) is 0 Å². The molecule has 39 heavy (non-hydrogen) atoms. The van der Waals surface area contributed by atoms with Crippen LogP contribution in [-0.2, 0) is 25.6 Å². The Morgan fingerprint density at radius 2 is 1.72 bits per heavy atom. The van der Waals surface area contributed by atoms with Gasteiger partial charge in [0.25, 0.3) is 5.91 Å². The van der Waals surface area contributed by atoms with Crippen LogP contribution in [0.15, 0.2) is 65.6 Å². The predicted molar refractivity (Wildman–Crippen MR) is 148 cm³/mol. The van der Waals surface area contributed by atoms with Gasteiger partial charge in [0.05, 0.1) is 32.9 Å². The molecular weight excluding hydrogens is 588 g/mol. The van der Waals surface area contributed by atoms with E-state index in [2.05, 4.69) is 16.9 Å². The molecule has 0 aliphatic heterocycles. The normalized spacial score (nSPS) is 13.4.